The third kappa shape index (κ3) is 6.80. The van der Waals surface area contributed by atoms with E-state index in [1.54, 1.807) is 45.0 Å². The van der Waals surface area contributed by atoms with Crippen LogP contribution in [-0.2, 0) is 30.4 Å². The third-order valence-corrected chi connectivity index (χ3v) is 8.32. The number of carbonyl (C=O) groups excluding carboxylic acids is 1. The number of amides is 1. The molecule has 0 radical (unpaired) electrons. The van der Waals surface area contributed by atoms with Crippen molar-refractivity contribution in [3.05, 3.63) is 82.9 Å². The number of furan rings is 1. The number of pyridine rings is 1. The number of anilines is 1. The molecule has 0 aliphatic heterocycles. The van der Waals surface area contributed by atoms with Crippen LogP contribution in [0.4, 0.5) is 10.5 Å². The number of para-hydroxylation sites is 1. The maximum absolute atomic E-state index is 13.4. The summed E-state index contributed by atoms with van der Waals surface area (Å²) in [6, 6.07) is 14.1. The van der Waals surface area contributed by atoms with E-state index in [1.165, 1.54) is 36.4 Å². The number of hydrogen-bond donors (Lipinski definition) is 2. The highest BCUT2D eigenvalue weighted by Gasteiger charge is 2.26. The van der Waals surface area contributed by atoms with Crippen molar-refractivity contribution in [1.82, 2.24) is 4.73 Å². The van der Waals surface area contributed by atoms with Gasteiger partial charge < -0.3 is 14.4 Å². The van der Waals surface area contributed by atoms with Crippen molar-refractivity contribution >= 4 is 54.2 Å². The number of hydrogen-bond acceptors (Lipinski definition) is 8. The van der Waals surface area contributed by atoms with Gasteiger partial charge in [-0.05, 0) is 62.7 Å². The van der Waals surface area contributed by atoms with Crippen LogP contribution < -0.4 is 10.2 Å². The van der Waals surface area contributed by atoms with E-state index >= 15 is 0 Å². The highest BCUT2D eigenvalue weighted by Crippen LogP contribution is 2.31. The van der Waals surface area contributed by atoms with Crippen molar-refractivity contribution in [1.29, 1.82) is 0 Å². The zero-order chi connectivity index (χ0) is 28.6. The minimum atomic E-state index is -4.33. The van der Waals surface area contributed by atoms with Crippen molar-refractivity contribution in [2.24, 2.45) is 4.99 Å². The van der Waals surface area contributed by atoms with Crippen molar-refractivity contribution < 1.29 is 36.0 Å². The summed E-state index contributed by atoms with van der Waals surface area (Å²) in [5.41, 5.74) is -0.880. The average Bonchev–Trinajstić information content (AvgIpc) is 3.25. The highest BCUT2D eigenvalue weighted by atomic mass is 35.5. The lowest BCUT2D eigenvalue weighted by Gasteiger charge is -2.17. The molecule has 2 aromatic carbocycles. The van der Waals surface area contributed by atoms with Crippen LogP contribution in [-0.4, -0.2) is 38.5 Å². The Morgan fingerprint density at radius 3 is 2.49 bits per heavy atom. The number of fused-ring (bicyclic) bond motifs is 1. The number of carbonyl (C=O) groups is 1. The van der Waals surface area contributed by atoms with Crippen molar-refractivity contribution in [3.8, 4) is 0 Å². The van der Waals surface area contributed by atoms with Crippen LogP contribution in [0.1, 0.15) is 26.3 Å². The van der Waals surface area contributed by atoms with Gasteiger partial charge in [0.05, 0.1) is 16.3 Å². The van der Waals surface area contributed by atoms with Gasteiger partial charge in [-0.3, -0.25) is 4.72 Å². The molecule has 0 unspecified atom stereocenters. The molecule has 0 aliphatic rings. The minimum absolute atomic E-state index is 0.0933. The monoisotopic (exact) mass is 593 g/mol. The zero-order valence-electron chi connectivity index (χ0n) is 21.0. The van der Waals surface area contributed by atoms with Gasteiger partial charge in [0.2, 0.25) is 5.09 Å². The third-order valence-electron chi connectivity index (χ3n) is 5.12. The van der Waals surface area contributed by atoms with Gasteiger partial charge in [-0.2, -0.15) is 18.1 Å². The molecule has 2 heterocycles. The first-order valence-corrected chi connectivity index (χ1v) is 14.9. The van der Waals surface area contributed by atoms with Gasteiger partial charge in [-0.25, -0.2) is 13.2 Å². The van der Waals surface area contributed by atoms with E-state index in [9.17, 15) is 26.8 Å². The molecule has 2 N–H and O–H groups in total. The molecule has 0 fully saturated rings. The number of nitrogens with one attached hydrogen (secondary N) is 1. The van der Waals surface area contributed by atoms with Gasteiger partial charge in [0, 0.05) is 22.7 Å². The van der Waals surface area contributed by atoms with Crippen LogP contribution in [0.25, 0.3) is 11.0 Å². The molecule has 0 saturated heterocycles. The van der Waals surface area contributed by atoms with Crippen molar-refractivity contribution in [2.75, 3.05) is 4.72 Å². The van der Waals surface area contributed by atoms with Crippen LogP contribution in [0.2, 0.25) is 5.02 Å². The van der Waals surface area contributed by atoms with Gasteiger partial charge in [0.25, 0.3) is 10.0 Å². The number of sulfone groups is 1. The normalized spacial score (nSPS) is 13.0. The molecule has 0 aliphatic carbocycles. The number of sulfonamides is 1. The molecule has 0 saturated carbocycles. The Balaban J connectivity index is 1.67. The largest absolute Gasteiger partial charge is 0.443 e. The first-order chi connectivity index (χ1) is 18.1. The Morgan fingerprint density at radius 1 is 1.08 bits per heavy atom. The minimum Gasteiger partial charge on any atom is -0.443 e. The topological polar surface area (TPSA) is 157 Å². The van der Waals surface area contributed by atoms with E-state index < -0.39 is 42.4 Å². The van der Waals surface area contributed by atoms with E-state index in [0.29, 0.717) is 15.7 Å². The Hall–Kier alpha value is -3.81. The van der Waals surface area contributed by atoms with Crippen LogP contribution in [0.5, 0.6) is 0 Å². The van der Waals surface area contributed by atoms with Crippen LogP contribution in [0.15, 0.2) is 86.3 Å². The summed E-state index contributed by atoms with van der Waals surface area (Å²) in [5.74, 6) is -0.619. The molecule has 11 nitrogen and oxygen atoms in total. The molecular weight excluding hydrogens is 570 g/mol. The number of ether oxygens (including phenoxy) is 1. The summed E-state index contributed by atoms with van der Waals surface area (Å²) in [6.07, 6.45) is 0.131. The smallest absolute Gasteiger partial charge is 0.436 e. The first kappa shape index (κ1) is 28.2. The first-order valence-electron chi connectivity index (χ1n) is 11.4. The Morgan fingerprint density at radius 2 is 1.79 bits per heavy atom. The summed E-state index contributed by atoms with van der Waals surface area (Å²) < 4.78 is 66.3. The lowest BCUT2D eigenvalue weighted by atomic mass is 10.2. The van der Waals surface area contributed by atoms with Gasteiger partial charge in [-0.1, -0.05) is 29.8 Å². The van der Waals surface area contributed by atoms with Crippen molar-refractivity contribution in [3.63, 3.8) is 0 Å². The molecule has 0 spiro atoms. The maximum atomic E-state index is 13.4. The highest BCUT2D eigenvalue weighted by molar-refractivity contribution is 7.93. The fraction of sp³-hybridized carbons (Fsp3) is 0.200. The molecule has 14 heteroatoms. The molecule has 39 heavy (non-hydrogen) atoms. The van der Waals surface area contributed by atoms with Crippen LogP contribution in [0, 0.1) is 0 Å². The maximum Gasteiger partial charge on any atom is 0.436 e. The summed E-state index contributed by atoms with van der Waals surface area (Å²) in [5, 5.41) is 10.3. The molecule has 0 bridgehead atoms. The second-order valence-electron chi connectivity index (χ2n) is 9.44. The van der Waals surface area contributed by atoms with E-state index in [4.69, 9.17) is 20.8 Å². The lowest BCUT2D eigenvalue weighted by molar-refractivity contribution is 0.0587. The fourth-order valence-corrected chi connectivity index (χ4v) is 6.28. The molecular formula is C25H24ClN3O8S2. The van der Waals surface area contributed by atoms with Gasteiger partial charge in [0.1, 0.15) is 11.2 Å². The Kier molecular flexibility index (Phi) is 7.52. The number of rotatable bonds is 6. The van der Waals surface area contributed by atoms with Gasteiger partial charge >= 0.3 is 6.09 Å². The summed E-state index contributed by atoms with van der Waals surface area (Å²) >= 11 is 6.06. The second kappa shape index (κ2) is 10.4. The molecule has 4 aromatic rings. The predicted octanol–water partition coefficient (Wildman–Crippen LogP) is 4.74. The number of aromatic nitrogens is 1. The zero-order valence-corrected chi connectivity index (χ0v) is 23.3. The number of nitrogens with zero attached hydrogens (tertiary/aromatic N) is 2. The van der Waals surface area contributed by atoms with Crippen molar-refractivity contribution in [2.45, 2.75) is 42.1 Å². The molecule has 2 aromatic heterocycles. The lowest BCUT2D eigenvalue weighted by Crippen LogP contribution is -2.26. The summed E-state index contributed by atoms with van der Waals surface area (Å²) in [7, 11) is -8.52. The quantitative estimate of drug-likeness (QED) is 0.304. The van der Waals surface area contributed by atoms with E-state index in [2.05, 4.69) is 9.71 Å². The van der Waals surface area contributed by atoms with Gasteiger partial charge in [-0.15, -0.1) is 0 Å². The SMILES string of the molecule is CC(C)(C)OC(=O)N=c1cc(CS(=O)(=O)c2ccc(Cl)cc2NS(=O)(=O)c2cc3ccccc3o2)ccn1O. The summed E-state index contributed by atoms with van der Waals surface area (Å²) in [4.78, 5) is 15.4. The molecule has 206 valence electrons. The Bertz CT molecular complexity index is 1820. The number of halogens is 1. The molecule has 1 amide bonds. The second-order valence-corrected chi connectivity index (χ2v) is 13.4. The van der Waals surface area contributed by atoms with Crippen LogP contribution >= 0.6 is 11.6 Å². The van der Waals surface area contributed by atoms with E-state index in [1.807, 2.05) is 0 Å². The average molecular weight is 594 g/mol. The van der Waals surface area contributed by atoms with Crippen LogP contribution in [0.3, 0.4) is 0 Å². The molecule has 0 atom stereocenters. The Labute approximate surface area is 229 Å². The van der Waals surface area contributed by atoms with Gasteiger partial charge in [0.15, 0.2) is 15.3 Å². The number of benzene rings is 2. The molecule has 4 rings (SSSR count). The van der Waals surface area contributed by atoms with E-state index in [0.717, 1.165) is 6.20 Å². The predicted molar refractivity (Wildman–Crippen MR) is 143 cm³/mol. The summed E-state index contributed by atoms with van der Waals surface area (Å²) in [6.45, 7) is 4.92. The fourth-order valence-electron chi connectivity index (χ4n) is 3.51. The standard InChI is InChI=1S/C25H24ClN3O8S2/c1-25(2,3)37-24(30)27-22-12-16(10-11-29(22)31)15-38(32,33)21-9-8-18(26)14-19(21)28-39(34,35)23-13-17-6-4-5-7-20(17)36-23/h4-14,28,31H,15H2,1-3H3. The van der Waals surface area contributed by atoms with E-state index in [-0.39, 0.29) is 26.7 Å².